The van der Waals surface area contributed by atoms with Crippen molar-refractivity contribution in [2.75, 3.05) is 20.3 Å². The number of aromatic amines is 1. The van der Waals surface area contributed by atoms with Crippen molar-refractivity contribution in [3.05, 3.63) is 134 Å². The van der Waals surface area contributed by atoms with E-state index in [2.05, 4.69) is 10.9 Å². The Hall–Kier alpha value is -4.42. The van der Waals surface area contributed by atoms with Gasteiger partial charge in [-0.3, -0.25) is 14.3 Å². The zero-order valence-corrected chi connectivity index (χ0v) is 23.0. The lowest BCUT2D eigenvalue weighted by Gasteiger charge is -2.37. The predicted molar refractivity (Wildman–Crippen MR) is 155 cm³/mol. The quantitative estimate of drug-likeness (QED) is 0.235. The standard InChI is InChI=1S/C33H32N2O6/c1-4-19-39-28-20-30(35-21-23(2)31(36)34-32(35)37)41-29(28)22-40-33(24-11-7-5-8-12-24,25-13-9-6-10-14-25)26-15-17-27(38-3)18-16-26/h1,5-18,21,28-30H,19-20,22H2,2-3H3,(H,34,36,37)/t28-,29+,30+/m0/s1. The first-order chi connectivity index (χ1) is 20.0. The van der Waals surface area contributed by atoms with E-state index in [4.69, 9.17) is 25.4 Å². The summed E-state index contributed by atoms with van der Waals surface area (Å²) < 4.78 is 26.1. The Labute approximate surface area is 238 Å². The molecule has 0 bridgehead atoms. The highest BCUT2D eigenvalue weighted by Crippen LogP contribution is 2.42. The second-order valence-corrected chi connectivity index (χ2v) is 9.85. The van der Waals surface area contributed by atoms with Crippen LogP contribution in [0, 0.1) is 19.3 Å². The molecule has 0 saturated carbocycles. The van der Waals surface area contributed by atoms with Crippen molar-refractivity contribution >= 4 is 0 Å². The molecule has 1 aliphatic rings. The third kappa shape index (κ3) is 5.74. The summed E-state index contributed by atoms with van der Waals surface area (Å²) in [7, 11) is 1.63. The van der Waals surface area contributed by atoms with Crippen LogP contribution in [0.25, 0.3) is 0 Å². The second kappa shape index (κ2) is 12.4. The van der Waals surface area contributed by atoms with Crippen LogP contribution in [0.5, 0.6) is 5.75 Å². The number of hydrogen-bond donors (Lipinski definition) is 1. The van der Waals surface area contributed by atoms with Gasteiger partial charge in [0.05, 0.1) is 19.8 Å². The van der Waals surface area contributed by atoms with E-state index in [9.17, 15) is 9.59 Å². The summed E-state index contributed by atoms with van der Waals surface area (Å²) in [6.07, 6.45) is 5.68. The summed E-state index contributed by atoms with van der Waals surface area (Å²) in [6.45, 7) is 1.84. The summed E-state index contributed by atoms with van der Waals surface area (Å²) >= 11 is 0. The molecule has 0 radical (unpaired) electrons. The molecule has 8 nitrogen and oxygen atoms in total. The Kier molecular flexibility index (Phi) is 8.50. The van der Waals surface area contributed by atoms with Gasteiger partial charge in [0.1, 0.15) is 30.3 Å². The first kappa shape index (κ1) is 28.1. The van der Waals surface area contributed by atoms with Gasteiger partial charge in [0.15, 0.2) is 0 Å². The molecule has 2 heterocycles. The molecule has 0 spiro atoms. The van der Waals surface area contributed by atoms with Crippen LogP contribution >= 0.6 is 0 Å². The first-order valence-corrected chi connectivity index (χ1v) is 13.4. The third-order valence-electron chi connectivity index (χ3n) is 7.34. The van der Waals surface area contributed by atoms with Gasteiger partial charge < -0.3 is 18.9 Å². The van der Waals surface area contributed by atoms with Crippen molar-refractivity contribution in [1.29, 1.82) is 0 Å². The fraction of sp³-hybridized carbons (Fsp3) is 0.273. The third-order valence-corrected chi connectivity index (χ3v) is 7.34. The number of terminal acetylenes is 1. The summed E-state index contributed by atoms with van der Waals surface area (Å²) in [6, 6.07) is 27.8. The molecular formula is C33H32N2O6. The molecule has 3 atom stereocenters. The van der Waals surface area contributed by atoms with Crippen LogP contribution in [0.2, 0.25) is 0 Å². The molecule has 4 aromatic rings. The lowest BCUT2D eigenvalue weighted by molar-refractivity contribution is -0.102. The van der Waals surface area contributed by atoms with E-state index in [-0.39, 0.29) is 13.2 Å². The first-order valence-electron chi connectivity index (χ1n) is 13.4. The molecule has 1 aromatic heterocycles. The van der Waals surface area contributed by atoms with Crippen LogP contribution in [0.3, 0.4) is 0 Å². The molecule has 1 fully saturated rings. The average Bonchev–Trinajstić information content (AvgIpc) is 3.42. The number of benzene rings is 3. The molecule has 8 heteroatoms. The number of nitrogens with one attached hydrogen (secondary N) is 1. The van der Waals surface area contributed by atoms with Gasteiger partial charge in [0.2, 0.25) is 0 Å². The van der Waals surface area contributed by atoms with Crippen LogP contribution in [0.15, 0.2) is 101 Å². The second-order valence-electron chi connectivity index (χ2n) is 9.85. The molecule has 3 aromatic carbocycles. The van der Waals surface area contributed by atoms with Crippen molar-refractivity contribution in [3.8, 4) is 18.1 Å². The van der Waals surface area contributed by atoms with Gasteiger partial charge in [0.25, 0.3) is 5.56 Å². The van der Waals surface area contributed by atoms with Crippen LogP contribution in [-0.2, 0) is 19.8 Å². The molecule has 0 amide bonds. The van der Waals surface area contributed by atoms with Crippen molar-refractivity contribution in [2.45, 2.75) is 37.4 Å². The van der Waals surface area contributed by atoms with E-state index in [1.54, 1.807) is 14.0 Å². The number of aryl methyl sites for hydroxylation is 1. The molecule has 1 saturated heterocycles. The molecule has 41 heavy (non-hydrogen) atoms. The van der Waals surface area contributed by atoms with E-state index >= 15 is 0 Å². The van der Waals surface area contributed by atoms with Crippen molar-refractivity contribution in [2.24, 2.45) is 0 Å². The van der Waals surface area contributed by atoms with Crippen LogP contribution < -0.4 is 16.0 Å². The van der Waals surface area contributed by atoms with Gasteiger partial charge >= 0.3 is 5.69 Å². The maximum Gasteiger partial charge on any atom is 0.330 e. The SMILES string of the molecule is C#CCO[C@H]1C[C@H](n2cc(C)c(=O)[nH]c2=O)O[C@@H]1COC(c1ccccc1)(c1ccccc1)c1ccc(OC)cc1. The minimum Gasteiger partial charge on any atom is -0.497 e. The zero-order valence-electron chi connectivity index (χ0n) is 23.0. The summed E-state index contributed by atoms with van der Waals surface area (Å²) in [5.41, 5.74) is 1.18. The van der Waals surface area contributed by atoms with E-state index in [0.29, 0.717) is 12.0 Å². The molecule has 1 aliphatic heterocycles. The van der Waals surface area contributed by atoms with Crippen LogP contribution in [-0.4, -0.2) is 42.1 Å². The van der Waals surface area contributed by atoms with Crippen molar-refractivity contribution < 1.29 is 18.9 Å². The minimum atomic E-state index is -1.00. The van der Waals surface area contributed by atoms with Gasteiger partial charge in [-0.15, -0.1) is 6.42 Å². The Morgan fingerprint density at radius 2 is 1.59 bits per heavy atom. The topological polar surface area (TPSA) is 91.8 Å². The molecule has 0 unspecified atom stereocenters. The van der Waals surface area contributed by atoms with Crippen molar-refractivity contribution in [1.82, 2.24) is 9.55 Å². The van der Waals surface area contributed by atoms with Crippen molar-refractivity contribution in [3.63, 3.8) is 0 Å². The van der Waals surface area contributed by atoms with E-state index < -0.39 is 35.3 Å². The smallest absolute Gasteiger partial charge is 0.330 e. The van der Waals surface area contributed by atoms with E-state index in [1.807, 2.05) is 84.9 Å². The normalized spacial score (nSPS) is 18.6. The Balaban J connectivity index is 1.55. The molecular weight excluding hydrogens is 520 g/mol. The highest BCUT2D eigenvalue weighted by Gasteiger charge is 2.43. The maximum atomic E-state index is 12.6. The highest BCUT2D eigenvalue weighted by atomic mass is 16.6. The monoisotopic (exact) mass is 552 g/mol. The molecule has 5 rings (SSSR count). The molecule has 0 aliphatic carbocycles. The Morgan fingerprint density at radius 1 is 0.976 bits per heavy atom. The predicted octanol–water partition coefficient (Wildman–Crippen LogP) is 4.17. The number of hydrogen-bond acceptors (Lipinski definition) is 6. The Bertz CT molecular complexity index is 1570. The van der Waals surface area contributed by atoms with Gasteiger partial charge in [-0.1, -0.05) is 78.7 Å². The number of H-pyrrole nitrogens is 1. The fourth-order valence-corrected chi connectivity index (χ4v) is 5.28. The van der Waals surface area contributed by atoms with Crippen LogP contribution in [0.4, 0.5) is 0 Å². The van der Waals surface area contributed by atoms with Gasteiger partial charge in [-0.2, -0.15) is 0 Å². The van der Waals surface area contributed by atoms with E-state index in [1.165, 1.54) is 10.8 Å². The number of methoxy groups -OCH3 is 1. The van der Waals surface area contributed by atoms with Gasteiger partial charge in [0, 0.05) is 18.2 Å². The van der Waals surface area contributed by atoms with Gasteiger partial charge in [-0.25, -0.2) is 4.79 Å². The van der Waals surface area contributed by atoms with Gasteiger partial charge in [-0.05, 0) is 35.7 Å². The molecule has 1 N–H and O–H groups in total. The van der Waals surface area contributed by atoms with Crippen LogP contribution in [0.1, 0.15) is 34.9 Å². The number of ether oxygens (including phenoxy) is 4. The summed E-state index contributed by atoms with van der Waals surface area (Å²) in [4.78, 5) is 26.9. The summed E-state index contributed by atoms with van der Waals surface area (Å²) in [5, 5.41) is 0. The Morgan fingerprint density at radius 3 is 2.17 bits per heavy atom. The fourth-order valence-electron chi connectivity index (χ4n) is 5.28. The number of nitrogens with zero attached hydrogens (tertiary/aromatic N) is 1. The maximum absolute atomic E-state index is 12.6. The zero-order chi connectivity index (χ0) is 28.8. The van der Waals surface area contributed by atoms with E-state index in [0.717, 1.165) is 22.4 Å². The molecule has 210 valence electrons. The number of rotatable bonds is 10. The summed E-state index contributed by atoms with van der Waals surface area (Å²) in [5.74, 6) is 3.24. The highest BCUT2D eigenvalue weighted by molar-refractivity contribution is 5.48. The number of aromatic nitrogens is 2. The lowest BCUT2D eigenvalue weighted by atomic mass is 9.80. The lowest BCUT2D eigenvalue weighted by Crippen LogP contribution is -2.38. The average molecular weight is 553 g/mol. The minimum absolute atomic E-state index is 0.0811. The largest absolute Gasteiger partial charge is 0.497 e.